The van der Waals surface area contributed by atoms with E-state index < -0.39 is 0 Å². The van der Waals surface area contributed by atoms with Gasteiger partial charge in [-0.3, -0.25) is 0 Å². The van der Waals surface area contributed by atoms with Gasteiger partial charge in [-0.15, -0.1) is 0 Å². The fraction of sp³-hybridized carbons (Fsp3) is 0. The quantitative estimate of drug-likeness (QED) is 0.314. The van der Waals surface area contributed by atoms with Crippen LogP contribution in [0.25, 0.3) is 44.5 Å². The molecule has 0 atom stereocenters. The van der Waals surface area contributed by atoms with Crippen LogP contribution in [0.3, 0.4) is 0 Å². The van der Waals surface area contributed by atoms with Crippen molar-refractivity contribution in [2.75, 3.05) is 5.32 Å². The predicted octanol–water partition coefficient (Wildman–Crippen LogP) is 8.62. The summed E-state index contributed by atoms with van der Waals surface area (Å²) in [4.78, 5) is 0. The van der Waals surface area contributed by atoms with Crippen molar-refractivity contribution in [2.24, 2.45) is 0 Å². The van der Waals surface area contributed by atoms with Gasteiger partial charge in [-0.1, -0.05) is 72.8 Å². The van der Waals surface area contributed by atoms with E-state index in [-0.39, 0.29) is 0 Å². The maximum absolute atomic E-state index is 6.14. The zero-order valence-electron chi connectivity index (χ0n) is 17.5. The van der Waals surface area contributed by atoms with Crippen LogP contribution in [0.4, 0.5) is 11.4 Å². The van der Waals surface area contributed by atoms with Crippen LogP contribution in [0, 0.1) is 0 Å². The van der Waals surface area contributed by atoms with Crippen LogP contribution >= 0.6 is 0 Å². The van der Waals surface area contributed by atoms with Gasteiger partial charge in [0.1, 0.15) is 11.5 Å². The van der Waals surface area contributed by atoms with E-state index in [1.807, 2.05) is 30.3 Å². The molecule has 0 saturated carbocycles. The van der Waals surface area contributed by atoms with Gasteiger partial charge in [0, 0.05) is 22.5 Å². The fourth-order valence-corrected chi connectivity index (χ4v) is 4.19. The lowest BCUT2D eigenvalue weighted by atomic mass is 10.0. The molecule has 0 radical (unpaired) electrons. The van der Waals surface area contributed by atoms with Gasteiger partial charge in [-0.05, 0) is 70.4 Å². The molecule has 0 spiro atoms. The second kappa shape index (κ2) is 7.75. The zero-order valence-corrected chi connectivity index (χ0v) is 17.5. The molecule has 0 amide bonds. The largest absolute Gasteiger partial charge is 0.456 e. The SMILES string of the molecule is c1cc2ccc(-c3ccccc3Nc3ccc(-c4ccc5ccccc5c4)cc3)oc-2c1. The molecular weight excluding hydrogens is 390 g/mol. The van der Waals surface area contributed by atoms with Crippen LogP contribution in [0.2, 0.25) is 0 Å². The van der Waals surface area contributed by atoms with Crippen LogP contribution in [0.1, 0.15) is 0 Å². The molecule has 0 saturated heterocycles. The van der Waals surface area contributed by atoms with Crippen LogP contribution in [-0.2, 0) is 0 Å². The van der Waals surface area contributed by atoms with Gasteiger partial charge in [0.05, 0.1) is 0 Å². The smallest absolute Gasteiger partial charge is 0.136 e. The maximum Gasteiger partial charge on any atom is 0.136 e. The first kappa shape index (κ1) is 18.5. The number of anilines is 2. The molecule has 0 aromatic heterocycles. The summed E-state index contributed by atoms with van der Waals surface area (Å²) in [7, 11) is 0. The summed E-state index contributed by atoms with van der Waals surface area (Å²) in [6.45, 7) is 0. The molecule has 0 bridgehead atoms. The number of fused-ring (bicyclic) bond motifs is 2. The molecular formula is C30H21NO. The number of hydrogen-bond donors (Lipinski definition) is 1. The molecule has 4 aromatic carbocycles. The van der Waals surface area contributed by atoms with Crippen molar-refractivity contribution >= 4 is 22.1 Å². The summed E-state index contributed by atoms with van der Waals surface area (Å²) >= 11 is 0. The normalized spacial score (nSPS) is 11.1. The van der Waals surface area contributed by atoms with Crippen molar-refractivity contribution in [3.8, 4) is 33.8 Å². The van der Waals surface area contributed by atoms with Crippen molar-refractivity contribution in [3.05, 3.63) is 121 Å². The molecule has 4 aromatic rings. The molecule has 152 valence electrons. The van der Waals surface area contributed by atoms with E-state index in [9.17, 15) is 0 Å². The van der Waals surface area contributed by atoms with E-state index >= 15 is 0 Å². The second-order valence-corrected chi connectivity index (χ2v) is 7.95. The van der Waals surface area contributed by atoms with E-state index in [0.717, 1.165) is 34.0 Å². The Labute approximate surface area is 187 Å². The van der Waals surface area contributed by atoms with Gasteiger partial charge in [0.15, 0.2) is 0 Å². The summed E-state index contributed by atoms with van der Waals surface area (Å²) in [6, 6.07) is 42.1. The Hall–Kier alpha value is -4.30. The van der Waals surface area contributed by atoms with Crippen molar-refractivity contribution in [1.29, 1.82) is 0 Å². The molecule has 1 heterocycles. The van der Waals surface area contributed by atoms with Crippen molar-refractivity contribution < 1.29 is 4.42 Å². The first-order chi connectivity index (χ1) is 15.8. The highest BCUT2D eigenvalue weighted by Crippen LogP contribution is 2.35. The Morgan fingerprint density at radius 1 is 0.469 bits per heavy atom. The van der Waals surface area contributed by atoms with Gasteiger partial charge in [-0.2, -0.15) is 0 Å². The Kier molecular flexibility index (Phi) is 4.47. The van der Waals surface area contributed by atoms with Crippen LogP contribution < -0.4 is 5.32 Å². The summed E-state index contributed by atoms with van der Waals surface area (Å²) in [5.74, 6) is 1.75. The Bertz CT molecular complexity index is 1490. The molecule has 1 aliphatic carbocycles. The van der Waals surface area contributed by atoms with Crippen LogP contribution in [0.15, 0.2) is 126 Å². The van der Waals surface area contributed by atoms with E-state index in [2.05, 4.69) is 96.3 Å². The van der Waals surface area contributed by atoms with E-state index in [4.69, 9.17) is 4.42 Å². The minimum absolute atomic E-state index is 0.847. The standard InChI is InChI=1S/C30H21NO/c1-2-7-24-20-25(13-12-21(24)6-1)22-14-17-26(18-15-22)31-28-10-4-3-9-27(28)30-19-16-23-8-5-11-29(23)32-30/h1-20,31H. The number of rotatable bonds is 4. The molecule has 2 heteroatoms. The molecule has 1 N–H and O–H groups in total. The van der Waals surface area contributed by atoms with Gasteiger partial charge >= 0.3 is 0 Å². The highest BCUT2D eigenvalue weighted by molar-refractivity contribution is 5.87. The van der Waals surface area contributed by atoms with Gasteiger partial charge < -0.3 is 9.73 Å². The first-order valence-corrected chi connectivity index (χ1v) is 10.8. The average Bonchev–Trinajstić information content (AvgIpc) is 3.33. The van der Waals surface area contributed by atoms with Crippen molar-refractivity contribution in [3.63, 3.8) is 0 Å². The lowest BCUT2D eigenvalue weighted by Crippen LogP contribution is -1.93. The molecule has 0 unspecified atom stereocenters. The second-order valence-electron chi connectivity index (χ2n) is 7.95. The van der Waals surface area contributed by atoms with E-state index in [0.29, 0.717) is 0 Å². The van der Waals surface area contributed by atoms with Crippen LogP contribution in [-0.4, -0.2) is 0 Å². The van der Waals surface area contributed by atoms with Crippen molar-refractivity contribution in [2.45, 2.75) is 0 Å². The monoisotopic (exact) mass is 411 g/mol. The lowest BCUT2D eigenvalue weighted by molar-refractivity contribution is 0.583. The van der Waals surface area contributed by atoms with Crippen molar-refractivity contribution in [1.82, 2.24) is 0 Å². The first-order valence-electron chi connectivity index (χ1n) is 10.8. The molecule has 2 aliphatic rings. The maximum atomic E-state index is 6.14. The predicted molar refractivity (Wildman–Crippen MR) is 133 cm³/mol. The summed E-state index contributed by atoms with van der Waals surface area (Å²) in [6.07, 6.45) is 0. The fourth-order valence-electron chi connectivity index (χ4n) is 4.19. The number of benzene rings is 4. The summed E-state index contributed by atoms with van der Waals surface area (Å²) < 4.78 is 6.14. The third-order valence-corrected chi connectivity index (χ3v) is 5.88. The minimum atomic E-state index is 0.847. The van der Waals surface area contributed by atoms with E-state index in [1.165, 1.54) is 21.9 Å². The summed E-state index contributed by atoms with van der Waals surface area (Å²) in [5.41, 5.74) is 6.62. The number of hydrogen-bond acceptors (Lipinski definition) is 2. The third kappa shape index (κ3) is 3.42. The molecule has 32 heavy (non-hydrogen) atoms. The molecule has 1 aliphatic heterocycles. The van der Waals surface area contributed by atoms with Gasteiger partial charge in [0.2, 0.25) is 0 Å². The minimum Gasteiger partial charge on any atom is -0.456 e. The Morgan fingerprint density at radius 2 is 1.22 bits per heavy atom. The molecule has 2 nitrogen and oxygen atoms in total. The van der Waals surface area contributed by atoms with Gasteiger partial charge in [-0.25, -0.2) is 0 Å². The number of nitrogens with one attached hydrogen (secondary N) is 1. The molecule has 0 fully saturated rings. The summed E-state index contributed by atoms with van der Waals surface area (Å²) in [5, 5.41) is 6.08. The Balaban J connectivity index is 1.30. The van der Waals surface area contributed by atoms with E-state index in [1.54, 1.807) is 0 Å². The Morgan fingerprint density at radius 3 is 2.12 bits per heavy atom. The average molecular weight is 412 g/mol. The number of para-hydroxylation sites is 1. The zero-order chi connectivity index (χ0) is 21.3. The highest BCUT2D eigenvalue weighted by Gasteiger charge is 2.11. The van der Waals surface area contributed by atoms with Gasteiger partial charge in [0.25, 0.3) is 0 Å². The topological polar surface area (TPSA) is 25.2 Å². The third-order valence-electron chi connectivity index (χ3n) is 5.88. The lowest BCUT2D eigenvalue weighted by Gasteiger charge is -2.13. The van der Waals surface area contributed by atoms with Crippen LogP contribution in [0.5, 0.6) is 0 Å². The molecule has 6 rings (SSSR count). The highest BCUT2D eigenvalue weighted by atomic mass is 16.3.